The molecular formula is C22H27AuClN2-. The Labute approximate surface area is 174 Å². The van der Waals surface area contributed by atoms with Crippen molar-refractivity contribution in [3.05, 3.63) is 82.3 Å². The molecule has 0 N–H and O–H groups in total. The van der Waals surface area contributed by atoms with Gasteiger partial charge in [0.05, 0.1) is 0 Å². The summed E-state index contributed by atoms with van der Waals surface area (Å²) in [4.78, 5) is 4.51. The van der Waals surface area contributed by atoms with E-state index in [4.69, 9.17) is 0 Å². The molecule has 0 bridgehead atoms. The van der Waals surface area contributed by atoms with E-state index in [1.165, 1.54) is 44.6 Å². The van der Waals surface area contributed by atoms with Gasteiger partial charge in [-0.1, -0.05) is 35.4 Å². The Morgan fingerprint density at radius 3 is 1.73 bits per heavy atom. The number of nitrogens with zero attached hydrogens (tertiary/aromatic N) is 2. The molecule has 0 spiro atoms. The molecule has 2 aromatic carbocycles. The number of anilines is 1. The van der Waals surface area contributed by atoms with E-state index in [-0.39, 0.29) is 0 Å². The first-order valence-corrected chi connectivity index (χ1v) is 11.4. The van der Waals surface area contributed by atoms with Crippen LogP contribution >= 0.6 is 9.19 Å². The van der Waals surface area contributed by atoms with E-state index >= 15 is 0 Å². The number of hydrogen-bond acceptors (Lipinski definition) is 2. The fourth-order valence-corrected chi connectivity index (χ4v) is 3.84. The molecule has 0 aliphatic carbocycles. The van der Waals surface area contributed by atoms with Crippen molar-refractivity contribution in [3.63, 3.8) is 0 Å². The Balaban J connectivity index is 0.00000117. The van der Waals surface area contributed by atoms with Gasteiger partial charge in [-0.15, -0.1) is 0 Å². The van der Waals surface area contributed by atoms with Crippen LogP contribution in [0.2, 0.25) is 0 Å². The van der Waals surface area contributed by atoms with Gasteiger partial charge < -0.3 is 9.80 Å². The first-order valence-electron chi connectivity index (χ1n) is 8.68. The van der Waals surface area contributed by atoms with Crippen molar-refractivity contribution in [1.82, 2.24) is 4.90 Å². The van der Waals surface area contributed by atoms with Gasteiger partial charge in [0, 0.05) is 12.2 Å². The second kappa shape index (κ2) is 9.14. The first kappa shape index (κ1) is 21.1. The van der Waals surface area contributed by atoms with Crippen LogP contribution in [0.4, 0.5) is 5.69 Å². The summed E-state index contributed by atoms with van der Waals surface area (Å²) >= 11 is 1.75. The van der Waals surface area contributed by atoms with Crippen LogP contribution in [0.1, 0.15) is 38.9 Å². The maximum absolute atomic E-state index is 4.58. The number of benzene rings is 2. The van der Waals surface area contributed by atoms with Gasteiger partial charge in [-0.05, 0) is 81.8 Å². The summed E-state index contributed by atoms with van der Waals surface area (Å²) in [5, 5.41) is 0. The van der Waals surface area contributed by atoms with Crippen molar-refractivity contribution < 1.29 is 20.0 Å². The van der Waals surface area contributed by atoms with Crippen molar-refractivity contribution in [2.75, 3.05) is 4.90 Å². The molecule has 0 fully saturated rings. The van der Waals surface area contributed by atoms with E-state index in [2.05, 4.69) is 104 Å². The van der Waals surface area contributed by atoms with Crippen LogP contribution in [0, 0.1) is 48.2 Å². The van der Waals surface area contributed by atoms with Crippen LogP contribution in [-0.2, 0) is 26.5 Å². The predicted molar refractivity (Wildman–Crippen MR) is 109 cm³/mol. The van der Waals surface area contributed by atoms with Crippen LogP contribution in [0.3, 0.4) is 0 Å². The first-order chi connectivity index (χ1) is 12.3. The summed E-state index contributed by atoms with van der Waals surface area (Å²) in [6.07, 6.45) is 4.32. The second-order valence-corrected chi connectivity index (χ2v) is 7.12. The van der Waals surface area contributed by atoms with E-state index in [1.54, 1.807) is 20.0 Å². The van der Waals surface area contributed by atoms with Crippen molar-refractivity contribution in [1.29, 1.82) is 0 Å². The number of hydrogen-bond donors (Lipinski definition) is 0. The summed E-state index contributed by atoms with van der Waals surface area (Å²) in [5.41, 5.74) is 10.7. The van der Waals surface area contributed by atoms with Gasteiger partial charge in [-0.25, -0.2) is 0 Å². The molecule has 3 rings (SSSR count). The van der Waals surface area contributed by atoms with Crippen molar-refractivity contribution in [2.24, 2.45) is 0 Å². The average Bonchev–Trinajstić information content (AvgIpc) is 3.00. The van der Waals surface area contributed by atoms with E-state index in [1.807, 2.05) is 0 Å². The Bertz CT molecular complexity index is 768. The zero-order valence-electron chi connectivity index (χ0n) is 16.3. The molecule has 2 nitrogen and oxygen atoms in total. The van der Waals surface area contributed by atoms with Gasteiger partial charge in [0.15, 0.2) is 0 Å². The van der Waals surface area contributed by atoms with Crippen LogP contribution in [0.25, 0.3) is 0 Å². The molecule has 144 valence electrons. The molecule has 4 heteroatoms. The Hall–Kier alpha value is -1.19. The van der Waals surface area contributed by atoms with Crippen LogP contribution in [0.15, 0.2) is 36.7 Å². The minimum atomic E-state index is 0.912. The Kier molecular flexibility index (Phi) is 7.42. The van der Waals surface area contributed by atoms with Gasteiger partial charge in [-0.2, -0.15) is 6.67 Å². The van der Waals surface area contributed by atoms with Crippen molar-refractivity contribution in [3.8, 4) is 0 Å². The van der Waals surface area contributed by atoms with Crippen LogP contribution in [0.5, 0.6) is 0 Å². The van der Waals surface area contributed by atoms with E-state index in [9.17, 15) is 0 Å². The van der Waals surface area contributed by atoms with Gasteiger partial charge in [0.25, 0.3) is 0 Å². The van der Waals surface area contributed by atoms with Crippen molar-refractivity contribution >= 4 is 14.9 Å². The second-order valence-electron chi connectivity index (χ2n) is 7.12. The number of halogens is 1. The molecule has 0 radical (unpaired) electrons. The summed E-state index contributed by atoms with van der Waals surface area (Å²) in [6, 6.07) is 9.05. The zero-order valence-corrected chi connectivity index (χ0v) is 19.2. The summed E-state index contributed by atoms with van der Waals surface area (Å²) < 4.78 is 0. The van der Waals surface area contributed by atoms with E-state index in [0.717, 1.165) is 6.54 Å². The molecule has 1 aliphatic rings. The molecule has 0 aromatic heterocycles. The summed E-state index contributed by atoms with van der Waals surface area (Å²) in [6.45, 7) is 16.2. The molecule has 1 heterocycles. The molecule has 0 amide bonds. The molecule has 0 atom stereocenters. The molecule has 1 aliphatic heterocycles. The Morgan fingerprint density at radius 2 is 1.23 bits per heavy atom. The molecule has 2 aromatic rings. The van der Waals surface area contributed by atoms with Gasteiger partial charge >= 0.3 is 29.2 Å². The zero-order chi connectivity index (χ0) is 19.4. The molecule has 0 saturated heterocycles. The summed E-state index contributed by atoms with van der Waals surface area (Å²) in [5.74, 6) is 0. The van der Waals surface area contributed by atoms with Gasteiger partial charge in [0.2, 0.25) is 0 Å². The van der Waals surface area contributed by atoms with Crippen LogP contribution < -0.4 is 4.90 Å². The third-order valence-electron chi connectivity index (χ3n) is 4.77. The fourth-order valence-electron chi connectivity index (χ4n) is 3.84. The third-order valence-corrected chi connectivity index (χ3v) is 4.77. The third kappa shape index (κ3) is 4.75. The quantitative estimate of drug-likeness (QED) is 0.334. The standard InChI is InChI=1S/C22H27N2.Au.ClH/c1-15-9-17(3)21(18(4)10-15)13-23-7-8-24(14-23)22-19(5)11-16(2)12-20(22)6;;/h7-12,14H,13H2,1-6H3;;1H/q-1;+1;/p-1. The fraction of sp³-hybridized carbons (Fsp3) is 0.318. The molecule has 26 heavy (non-hydrogen) atoms. The molecular weight excluding hydrogens is 525 g/mol. The van der Waals surface area contributed by atoms with E-state index < -0.39 is 0 Å². The number of aryl methyl sites for hydroxylation is 6. The van der Waals surface area contributed by atoms with Crippen molar-refractivity contribution in [2.45, 2.75) is 48.1 Å². The number of rotatable bonds is 3. The molecule has 0 unspecified atom stereocenters. The minimum absolute atomic E-state index is 0.912. The van der Waals surface area contributed by atoms with Gasteiger partial charge in [-0.3, -0.25) is 0 Å². The predicted octanol–water partition coefficient (Wildman–Crippen LogP) is 6.14. The Morgan fingerprint density at radius 1 is 0.769 bits per heavy atom. The summed E-state index contributed by atoms with van der Waals surface area (Å²) in [7, 11) is 4.58. The van der Waals surface area contributed by atoms with E-state index in [0.29, 0.717) is 0 Å². The van der Waals surface area contributed by atoms with Gasteiger partial charge in [0.1, 0.15) is 0 Å². The topological polar surface area (TPSA) is 6.48 Å². The molecule has 0 saturated carbocycles. The normalized spacial score (nSPS) is 13.1. The maximum atomic E-state index is 4.58. The SMILES string of the molecule is Cc1cc(C)c(CN2C=CN(c3c(C)cc(C)cc3C)[CH-]2)c(C)c1.[Cl][Au]. The van der Waals surface area contributed by atoms with Crippen LogP contribution in [-0.4, -0.2) is 4.90 Å². The average molecular weight is 552 g/mol. The monoisotopic (exact) mass is 551 g/mol.